The first-order valence-electron chi connectivity index (χ1n) is 10.1. The first-order chi connectivity index (χ1) is 12.4. The Morgan fingerprint density at radius 2 is 1.73 bits per heavy atom. The minimum atomic E-state index is 0.146. The second-order valence-electron chi connectivity index (χ2n) is 8.87. The maximum absolute atomic E-state index is 5.22. The van der Waals surface area contributed by atoms with Crippen molar-refractivity contribution in [2.45, 2.75) is 72.1 Å². The first-order valence-corrected chi connectivity index (χ1v) is 10.1. The van der Waals surface area contributed by atoms with Gasteiger partial charge >= 0.3 is 0 Å². The lowest BCUT2D eigenvalue weighted by molar-refractivity contribution is 0.438. The zero-order chi connectivity index (χ0) is 18.7. The van der Waals surface area contributed by atoms with Crippen molar-refractivity contribution in [2.24, 2.45) is 10.9 Å². The fourth-order valence-electron chi connectivity index (χ4n) is 3.87. The van der Waals surface area contributed by atoms with Crippen molar-refractivity contribution in [1.82, 2.24) is 0 Å². The molecule has 1 nitrogen and oxygen atoms in total. The van der Waals surface area contributed by atoms with Crippen LogP contribution in [0.2, 0.25) is 0 Å². The second-order valence-corrected chi connectivity index (χ2v) is 8.87. The van der Waals surface area contributed by atoms with Crippen molar-refractivity contribution in [3.63, 3.8) is 0 Å². The smallest absolute Gasteiger partial charge is 0.0736 e. The maximum atomic E-state index is 5.22. The van der Waals surface area contributed by atoms with Crippen LogP contribution >= 0.6 is 0 Å². The van der Waals surface area contributed by atoms with Crippen LogP contribution < -0.4 is 0 Å². The van der Waals surface area contributed by atoms with Crippen LogP contribution in [0.25, 0.3) is 5.70 Å². The van der Waals surface area contributed by atoms with Gasteiger partial charge in [0.05, 0.1) is 5.70 Å². The summed E-state index contributed by atoms with van der Waals surface area (Å²) in [6.07, 6.45) is 13.2. The average Bonchev–Trinajstić information content (AvgIpc) is 2.58. The molecule has 0 amide bonds. The predicted octanol–water partition coefficient (Wildman–Crippen LogP) is 7.25. The molecule has 138 valence electrons. The molecule has 0 aliphatic heterocycles. The standard InChI is InChI=1S/C25H33N/c1-18(20-13-9-14-20)24(26-19(2)21-11-7-6-8-12-21)22-15-10-16-23(17-22)25(3,4)5/h9-10,13-17,21H,6-8,11-12H2,1-5H3/b24-18+,26-19?. The van der Waals surface area contributed by atoms with Crippen LogP contribution in [0.3, 0.4) is 0 Å². The average molecular weight is 348 g/mol. The van der Waals surface area contributed by atoms with E-state index in [1.165, 1.54) is 60.1 Å². The quantitative estimate of drug-likeness (QED) is 0.508. The van der Waals surface area contributed by atoms with E-state index >= 15 is 0 Å². The van der Waals surface area contributed by atoms with Crippen LogP contribution in [0.15, 0.2) is 58.6 Å². The van der Waals surface area contributed by atoms with Gasteiger partial charge in [-0.2, -0.15) is 0 Å². The molecule has 0 saturated heterocycles. The molecule has 1 fully saturated rings. The summed E-state index contributed by atoms with van der Waals surface area (Å²) in [4.78, 5) is 5.22. The third-order valence-electron chi connectivity index (χ3n) is 5.83. The summed E-state index contributed by atoms with van der Waals surface area (Å²) in [5, 5.41) is 0. The number of hydrogen-bond acceptors (Lipinski definition) is 1. The van der Waals surface area contributed by atoms with E-state index in [4.69, 9.17) is 4.99 Å². The highest BCUT2D eigenvalue weighted by Crippen LogP contribution is 2.33. The Balaban J connectivity index is 2.02. The van der Waals surface area contributed by atoms with Gasteiger partial charge in [-0.1, -0.05) is 76.5 Å². The fourth-order valence-corrected chi connectivity index (χ4v) is 3.87. The van der Waals surface area contributed by atoms with Gasteiger partial charge in [0.2, 0.25) is 0 Å². The maximum Gasteiger partial charge on any atom is 0.0736 e. The molecule has 1 saturated carbocycles. The molecular formula is C25H33N. The number of rotatable bonds is 4. The van der Waals surface area contributed by atoms with Crippen molar-refractivity contribution in [1.29, 1.82) is 0 Å². The summed E-state index contributed by atoms with van der Waals surface area (Å²) in [6.45, 7) is 11.3. The Bertz CT molecular complexity index is 775. The van der Waals surface area contributed by atoms with E-state index < -0.39 is 0 Å². The third kappa shape index (κ3) is 4.26. The van der Waals surface area contributed by atoms with Crippen molar-refractivity contribution >= 4 is 11.4 Å². The topological polar surface area (TPSA) is 12.4 Å². The molecule has 26 heavy (non-hydrogen) atoms. The molecule has 2 aliphatic rings. The predicted molar refractivity (Wildman–Crippen MR) is 115 cm³/mol. The summed E-state index contributed by atoms with van der Waals surface area (Å²) in [5.41, 5.74) is 7.80. The van der Waals surface area contributed by atoms with Gasteiger partial charge in [0.15, 0.2) is 0 Å². The van der Waals surface area contributed by atoms with Crippen LogP contribution in [0.4, 0.5) is 0 Å². The van der Waals surface area contributed by atoms with Gasteiger partial charge in [-0.05, 0) is 60.8 Å². The Morgan fingerprint density at radius 1 is 1.04 bits per heavy atom. The highest BCUT2D eigenvalue weighted by molar-refractivity contribution is 5.91. The molecule has 1 aromatic carbocycles. The van der Waals surface area contributed by atoms with Gasteiger partial charge in [-0.15, -0.1) is 0 Å². The van der Waals surface area contributed by atoms with Crippen LogP contribution in [0, 0.1) is 5.92 Å². The number of nitrogens with zero attached hydrogens (tertiary/aromatic N) is 1. The SMILES string of the molecule is CC(=N/C(=C(\C)C1=CC=C1)c1cccc(C(C)(C)C)c1)C1CCCCC1. The monoisotopic (exact) mass is 347 g/mol. The highest BCUT2D eigenvalue weighted by atomic mass is 14.8. The van der Waals surface area contributed by atoms with Crippen molar-refractivity contribution in [3.8, 4) is 0 Å². The largest absolute Gasteiger partial charge is 0.257 e. The van der Waals surface area contributed by atoms with Gasteiger partial charge in [0, 0.05) is 11.3 Å². The molecule has 1 heteroatoms. The molecule has 0 atom stereocenters. The van der Waals surface area contributed by atoms with E-state index in [1.807, 2.05) is 0 Å². The Hall–Kier alpha value is -1.89. The molecule has 0 heterocycles. The summed E-state index contributed by atoms with van der Waals surface area (Å²) >= 11 is 0. The summed E-state index contributed by atoms with van der Waals surface area (Å²) in [5.74, 6) is 0.656. The molecule has 0 N–H and O–H groups in total. The normalized spacial score (nSPS) is 19.7. The van der Waals surface area contributed by atoms with Gasteiger partial charge in [-0.25, -0.2) is 0 Å². The minimum Gasteiger partial charge on any atom is -0.257 e. The zero-order valence-electron chi connectivity index (χ0n) is 17.1. The highest BCUT2D eigenvalue weighted by Gasteiger charge is 2.19. The van der Waals surface area contributed by atoms with Gasteiger partial charge < -0.3 is 0 Å². The lowest BCUT2D eigenvalue weighted by atomic mass is 9.85. The summed E-state index contributed by atoms with van der Waals surface area (Å²) in [7, 11) is 0. The van der Waals surface area contributed by atoms with E-state index in [9.17, 15) is 0 Å². The molecule has 3 rings (SSSR count). The van der Waals surface area contributed by atoms with Gasteiger partial charge in [0.1, 0.15) is 0 Å². The van der Waals surface area contributed by atoms with E-state index in [0.29, 0.717) is 5.92 Å². The van der Waals surface area contributed by atoms with E-state index in [2.05, 4.69) is 77.1 Å². The molecular weight excluding hydrogens is 314 g/mol. The summed E-state index contributed by atoms with van der Waals surface area (Å²) in [6, 6.07) is 8.96. The number of allylic oxidation sites excluding steroid dienone is 5. The summed E-state index contributed by atoms with van der Waals surface area (Å²) < 4.78 is 0. The zero-order valence-corrected chi connectivity index (χ0v) is 17.1. The van der Waals surface area contributed by atoms with Crippen molar-refractivity contribution < 1.29 is 0 Å². The van der Waals surface area contributed by atoms with Crippen molar-refractivity contribution in [2.75, 3.05) is 0 Å². The van der Waals surface area contributed by atoms with Gasteiger partial charge in [0.25, 0.3) is 0 Å². The third-order valence-corrected chi connectivity index (χ3v) is 5.83. The number of benzene rings is 1. The molecule has 0 spiro atoms. The molecule has 0 unspecified atom stereocenters. The van der Waals surface area contributed by atoms with Crippen LogP contribution in [-0.4, -0.2) is 5.71 Å². The number of hydrogen-bond donors (Lipinski definition) is 0. The van der Waals surface area contributed by atoms with Gasteiger partial charge in [-0.3, -0.25) is 4.99 Å². The number of aliphatic imine (C=N–C) groups is 1. The molecule has 0 aromatic heterocycles. The van der Waals surface area contributed by atoms with E-state index in [1.54, 1.807) is 0 Å². The lowest BCUT2D eigenvalue weighted by Crippen LogP contribution is -2.15. The van der Waals surface area contributed by atoms with Crippen LogP contribution in [-0.2, 0) is 5.41 Å². The Kier molecular flexibility index (Phi) is 5.65. The Morgan fingerprint density at radius 3 is 2.31 bits per heavy atom. The van der Waals surface area contributed by atoms with E-state index in [-0.39, 0.29) is 5.41 Å². The molecule has 0 bridgehead atoms. The molecule has 2 aliphatic carbocycles. The van der Waals surface area contributed by atoms with Crippen LogP contribution in [0.5, 0.6) is 0 Å². The molecule has 1 aromatic rings. The van der Waals surface area contributed by atoms with Crippen molar-refractivity contribution in [3.05, 3.63) is 64.8 Å². The lowest BCUT2D eigenvalue weighted by Gasteiger charge is -2.23. The van der Waals surface area contributed by atoms with E-state index in [0.717, 1.165) is 5.70 Å². The fraction of sp³-hybridized carbons (Fsp3) is 0.480. The first kappa shape index (κ1) is 18.9. The van der Waals surface area contributed by atoms with Crippen LogP contribution in [0.1, 0.15) is 77.8 Å². The Labute approximate surface area is 159 Å². The second kappa shape index (κ2) is 7.78. The molecule has 0 radical (unpaired) electrons. The minimum absolute atomic E-state index is 0.146.